The van der Waals surface area contributed by atoms with Gasteiger partial charge in [0.25, 0.3) is 0 Å². The van der Waals surface area contributed by atoms with E-state index in [1.165, 1.54) is 5.56 Å². The molecule has 1 radical (unpaired) electrons. The van der Waals surface area contributed by atoms with E-state index in [1.54, 1.807) is 0 Å². The molecule has 0 saturated heterocycles. The Morgan fingerprint density at radius 3 is 3.00 bits per heavy atom. The average molecular weight is 198 g/mol. The van der Waals surface area contributed by atoms with E-state index in [1.807, 2.05) is 18.2 Å². The van der Waals surface area contributed by atoms with Crippen LogP contribution < -0.4 is 4.74 Å². The van der Waals surface area contributed by atoms with E-state index < -0.39 is 0 Å². The van der Waals surface area contributed by atoms with Crippen molar-refractivity contribution in [3.63, 3.8) is 0 Å². The number of halogens is 1. The molecule has 0 amide bonds. The third-order valence-electron chi connectivity index (χ3n) is 1.71. The molecule has 0 spiro atoms. The van der Waals surface area contributed by atoms with Gasteiger partial charge in [0.1, 0.15) is 12.4 Å². The van der Waals surface area contributed by atoms with Gasteiger partial charge >= 0.3 is 0 Å². The van der Waals surface area contributed by atoms with Gasteiger partial charge in [-0.2, -0.15) is 0 Å². The summed E-state index contributed by atoms with van der Waals surface area (Å²) in [6.07, 6.45) is 2.22. The topological polar surface area (TPSA) is 9.23 Å². The van der Waals surface area contributed by atoms with Crippen molar-refractivity contribution in [2.75, 3.05) is 12.5 Å². The van der Waals surface area contributed by atoms with Crippen LogP contribution in [0.1, 0.15) is 18.9 Å². The molecule has 0 aromatic heterocycles. The standard InChI is InChI=1S/C11H14ClO/c1-2-4-10-5-3-6-11(9-10)13-8-7-12/h5-6,9H,2,4,7-8H2,1H3. The number of ether oxygens (including phenoxy) is 1. The van der Waals surface area contributed by atoms with Crippen molar-refractivity contribution in [3.05, 3.63) is 29.8 Å². The summed E-state index contributed by atoms with van der Waals surface area (Å²) in [4.78, 5) is 0. The van der Waals surface area contributed by atoms with Gasteiger partial charge in [0.05, 0.1) is 5.88 Å². The highest BCUT2D eigenvalue weighted by atomic mass is 35.5. The largest absolute Gasteiger partial charge is 0.492 e. The van der Waals surface area contributed by atoms with Crippen molar-refractivity contribution in [1.82, 2.24) is 0 Å². The second-order valence-corrected chi connectivity index (χ2v) is 3.24. The molecule has 1 aromatic rings. The third-order valence-corrected chi connectivity index (χ3v) is 1.86. The zero-order chi connectivity index (χ0) is 9.52. The van der Waals surface area contributed by atoms with Gasteiger partial charge in [-0.3, -0.25) is 0 Å². The molecular weight excluding hydrogens is 184 g/mol. The second kappa shape index (κ2) is 5.87. The monoisotopic (exact) mass is 197 g/mol. The van der Waals surface area contributed by atoms with Gasteiger partial charge in [0, 0.05) is 0 Å². The maximum absolute atomic E-state index is 5.52. The lowest BCUT2D eigenvalue weighted by Gasteiger charge is -2.05. The van der Waals surface area contributed by atoms with Crippen molar-refractivity contribution in [2.24, 2.45) is 0 Å². The molecule has 1 rings (SSSR count). The predicted molar refractivity (Wildman–Crippen MR) is 55.5 cm³/mol. The van der Waals surface area contributed by atoms with Gasteiger partial charge in [0.15, 0.2) is 0 Å². The molecule has 13 heavy (non-hydrogen) atoms. The second-order valence-electron chi connectivity index (χ2n) is 2.86. The van der Waals surface area contributed by atoms with Crippen LogP contribution in [0.4, 0.5) is 0 Å². The lowest BCUT2D eigenvalue weighted by Crippen LogP contribution is -1.98. The molecule has 0 heterocycles. The number of aryl methyl sites for hydroxylation is 1. The SMILES string of the molecule is CCCc1c[c]cc(OCCCl)c1. The number of rotatable bonds is 5. The summed E-state index contributed by atoms with van der Waals surface area (Å²) < 4.78 is 5.38. The minimum absolute atomic E-state index is 0.526. The van der Waals surface area contributed by atoms with Crippen molar-refractivity contribution < 1.29 is 4.74 Å². The minimum atomic E-state index is 0.526. The molecule has 0 aliphatic rings. The van der Waals surface area contributed by atoms with E-state index >= 15 is 0 Å². The van der Waals surface area contributed by atoms with Crippen molar-refractivity contribution in [1.29, 1.82) is 0 Å². The van der Waals surface area contributed by atoms with Crippen LogP contribution in [0.25, 0.3) is 0 Å². The molecule has 0 aliphatic carbocycles. The van der Waals surface area contributed by atoms with Crippen LogP contribution >= 0.6 is 11.6 Å². The van der Waals surface area contributed by atoms with Gasteiger partial charge in [0.2, 0.25) is 0 Å². The Bertz CT molecular complexity index is 248. The van der Waals surface area contributed by atoms with E-state index in [0.29, 0.717) is 12.5 Å². The highest BCUT2D eigenvalue weighted by Crippen LogP contribution is 2.13. The zero-order valence-electron chi connectivity index (χ0n) is 7.85. The Morgan fingerprint density at radius 1 is 1.46 bits per heavy atom. The maximum atomic E-state index is 5.52. The molecular formula is C11H14ClO. The van der Waals surface area contributed by atoms with Crippen LogP contribution in [-0.4, -0.2) is 12.5 Å². The lowest BCUT2D eigenvalue weighted by molar-refractivity contribution is 0.342. The smallest absolute Gasteiger partial charge is 0.120 e. The zero-order valence-corrected chi connectivity index (χ0v) is 8.60. The quantitative estimate of drug-likeness (QED) is 0.660. The van der Waals surface area contributed by atoms with E-state index in [4.69, 9.17) is 16.3 Å². The fourth-order valence-electron chi connectivity index (χ4n) is 1.17. The van der Waals surface area contributed by atoms with Gasteiger partial charge in [-0.05, 0) is 30.2 Å². The van der Waals surface area contributed by atoms with Crippen LogP contribution in [0.5, 0.6) is 5.75 Å². The normalized spacial score (nSPS) is 10.0. The summed E-state index contributed by atoms with van der Waals surface area (Å²) in [5, 5.41) is 0. The highest BCUT2D eigenvalue weighted by Gasteiger charge is 1.95. The van der Waals surface area contributed by atoms with Crippen LogP contribution in [0.3, 0.4) is 0 Å². The van der Waals surface area contributed by atoms with Crippen LogP contribution in [0.15, 0.2) is 18.2 Å². The summed E-state index contributed by atoms with van der Waals surface area (Å²) in [6, 6.07) is 8.94. The molecule has 0 atom stereocenters. The molecule has 1 nitrogen and oxygen atoms in total. The van der Waals surface area contributed by atoms with E-state index in [2.05, 4.69) is 13.0 Å². The Hall–Kier alpha value is -0.690. The van der Waals surface area contributed by atoms with Crippen LogP contribution in [0, 0.1) is 6.07 Å². The average Bonchev–Trinajstić information content (AvgIpc) is 2.16. The maximum Gasteiger partial charge on any atom is 0.120 e. The Morgan fingerprint density at radius 2 is 2.31 bits per heavy atom. The predicted octanol–water partition coefficient (Wildman–Crippen LogP) is 3.06. The summed E-state index contributed by atoms with van der Waals surface area (Å²) in [5.41, 5.74) is 1.27. The van der Waals surface area contributed by atoms with Crippen LogP contribution in [-0.2, 0) is 6.42 Å². The Labute approximate surface area is 84.7 Å². The first-order chi connectivity index (χ1) is 6.36. The first-order valence-electron chi connectivity index (χ1n) is 4.55. The van der Waals surface area contributed by atoms with E-state index in [-0.39, 0.29) is 0 Å². The molecule has 1 aromatic carbocycles. The molecule has 2 heteroatoms. The fourth-order valence-corrected chi connectivity index (χ4v) is 1.25. The summed E-state index contributed by atoms with van der Waals surface area (Å²) >= 11 is 5.52. The first-order valence-corrected chi connectivity index (χ1v) is 5.09. The summed E-state index contributed by atoms with van der Waals surface area (Å²) in [6.45, 7) is 2.72. The van der Waals surface area contributed by atoms with Gasteiger partial charge in [-0.25, -0.2) is 0 Å². The van der Waals surface area contributed by atoms with Gasteiger partial charge in [-0.1, -0.05) is 19.4 Å². The van der Waals surface area contributed by atoms with Crippen molar-refractivity contribution >= 4 is 11.6 Å². The lowest BCUT2D eigenvalue weighted by atomic mass is 10.1. The number of alkyl halides is 1. The molecule has 0 saturated carbocycles. The van der Waals surface area contributed by atoms with E-state index in [0.717, 1.165) is 18.6 Å². The summed E-state index contributed by atoms with van der Waals surface area (Å²) in [7, 11) is 0. The van der Waals surface area contributed by atoms with Gasteiger partial charge in [-0.15, -0.1) is 11.6 Å². The summed E-state index contributed by atoms with van der Waals surface area (Å²) in [5.74, 6) is 1.39. The van der Waals surface area contributed by atoms with E-state index in [9.17, 15) is 0 Å². The fraction of sp³-hybridized carbons (Fsp3) is 0.455. The molecule has 0 bridgehead atoms. The number of hydrogen-bond donors (Lipinski definition) is 0. The molecule has 0 N–H and O–H groups in total. The minimum Gasteiger partial charge on any atom is -0.492 e. The number of benzene rings is 1. The number of hydrogen-bond acceptors (Lipinski definition) is 1. The molecule has 0 unspecified atom stereocenters. The van der Waals surface area contributed by atoms with Crippen LogP contribution in [0.2, 0.25) is 0 Å². The highest BCUT2D eigenvalue weighted by molar-refractivity contribution is 6.17. The van der Waals surface area contributed by atoms with Crippen molar-refractivity contribution in [2.45, 2.75) is 19.8 Å². The first kappa shape index (κ1) is 10.4. The third kappa shape index (κ3) is 3.69. The van der Waals surface area contributed by atoms with Gasteiger partial charge < -0.3 is 4.74 Å². The molecule has 0 fully saturated rings. The Balaban J connectivity index is 2.56. The molecule has 0 aliphatic heterocycles. The Kier molecular flexibility index (Phi) is 4.69. The molecule has 71 valence electrons. The van der Waals surface area contributed by atoms with Crippen molar-refractivity contribution in [3.8, 4) is 5.75 Å².